The molecule has 0 unspecified atom stereocenters. The van der Waals surface area contributed by atoms with Crippen molar-refractivity contribution in [2.75, 3.05) is 32.1 Å². The number of rotatable bonds is 7. The molecule has 166 valence electrons. The van der Waals surface area contributed by atoms with Crippen LogP contribution in [-0.4, -0.2) is 47.5 Å². The fraction of sp³-hybridized carbons (Fsp3) is 0.222. The van der Waals surface area contributed by atoms with Crippen LogP contribution in [0.1, 0.15) is 27.3 Å². The van der Waals surface area contributed by atoms with Gasteiger partial charge in [-0.15, -0.1) is 0 Å². The average molecular weight is 438 g/mol. The highest BCUT2D eigenvalue weighted by molar-refractivity contribution is 6.07. The van der Waals surface area contributed by atoms with E-state index in [1.807, 2.05) is 98.8 Å². The molecule has 33 heavy (non-hydrogen) atoms. The highest BCUT2D eigenvalue weighted by Crippen LogP contribution is 2.22. The molecule has 0 spiro atoms. The third kappa shape index (κ3) is 4.94. The fourth-order valence-electron chi connectivity index (χ4n) is 3.83. The first-order valence-electron chi connectivity index (χ1n) is 10.9. The van der Waals surface area contributed by atoms with E-state index in [2.05, 4.69) is 15.5 Å². The van der Waals surface area contributed by atoms with E-state index in [1.165, 1.54) is 0 Å². The predicted molar refractivity (Wildman–Crippen MR) is 131 cm³/mol. The molecule has 4 aromatic rings. The number of hydrogen-bond donors (Lipinski definition) is 0. The Morgan fingerprint density at radius 3 is 2.39 bits per heavy atom. The monoisotopic (exact) mass is 437 g/mol. The van der Waals surface area contributed by atoms with Gasteiger partial charge >= 0.3 is 0 Å². The van der Waals surface area contributed by atoms with Crippen LogP contribution >= 0.6 is 0 Å². The summed E-state index contributed by atoms with van der Waals surface area (Å²) in [6, 6.07) is 25.2. The van der Waals surface area contributed by atoms with E-state index >= 15 is 0 Å². The van der Waals surface area contributed by atoms with Crippen LogP contribution in [0.5, 0.6) is 0 Å². The zero-order chi connectivity index (χ0) is 23.4. The van der Waals surface area contributed by atoms with Crippen LogP contribution in [0, 0.1) is 11.3 Å². The summed E-state index contributed by atoms with van der Waals surface area (Å²) in [7, 11) is 6.00. The second-order valence-electron chi connectivity index (χ2n) is 8.37. The Balaban J connectivity index is 1.63. The summed E-state index contributed by atoms with van der Waals surface area (Å²) < 4.78 is 2.06. The molecule has 0 saturated heterocycles. The number of likely N-dealkylation sites (N-methyl/N-ethyl adjacent to an activating group) is 1. The van der Waals surface area contributed by atoms with Crippen molar-refractivity contribution in [1.82, 2.24) is 14.5 Å². The van der Waals surface area contributed by atoms with E-state index < -0.39 is 0 Å². The first-order valence-corrected chi connectivity index (χ1v) is 10.9. The highest BCUT2D eigenvalue weighted by Gasteiger charge is 2.19. The van der Waals surface area contributed by atoms with Gasteiger partial charge in [0.25, 0.3) is 5.91 Å². The molecule has 0 bridgehead atoms. The largest absolute Gasteiger partial charge is 0.331 e. The number of imidazole rings is 1. The molecule has 6 heteroatoms. The normalized spacial score (nSPS) is 11.0. The molecule has 0 aliphatic carbocycles. The molecule has 0 aliphatic rings. The second kappa shape index (κ2) is 9.68. The minimum Gasteiger partial charge on any atom is -0.331 e. The molecular weight excluding hydrogens is 410 g/mol. The molecule has 0 aliphatic heterocycles. The average Bonchev–Trinajstić information content (AvgIpc) is 3.14. The first kappa shape index (κ1) is 22.3. The molecule has 3 aromatic carbocycles. The maximum atomic E-state index is 13.5. The topological polar surface area (TPSA) is 65.2 Å². The van der Waals surface area contributed by atoms with Gasteiger partial charge in [0.1, 0.15) is 5.82 Å². The summed E-state index contributed by atoms with van der Waals surface area (Å²) in [5.41, 5.74) is 5.01. The summed E-state index contributed by atoms with van der Waals surface area (Å²) in [5, 5.41) is 9.00. The molecule has 0 saturated carbocycles. The number of carbonyl (C=O) groups is 1. The SMILES string of the molecule is CN(C)CCN(C(=O)c1ccc2c(c1)nc(Cc1ccc(C#N)cc1)n2C)c1ccccc1. The van der Waals surface area contributed by atoms with E-state index in [0.717, 1.165) is 34.7 Å². The summed E-state index contributed by atoms with van der Waals surface area (Å²) >= 11 is 0. The van der Waals surface area contributed by atoms with Crippen LogP contribution in [0.3, 0.4) is 0 Å². The molecule has 0 radical (unpaired) electrons. The van der Waals surface area contributed by atoms with Gasteiger partial charge in [-0.3, -0.25) is 4.79 Å². The maximum absolute atomic E-state index is 13.5. The van der Waals surface area contributed by atoms with Crippen LogP contribution in [0.2, 0.25) is 0 Å². The molecular formula is C27H27N5O. The minimum absolute atomic E-state index is 0.0377. The van der Waals surface area contributed by atoms with E-state index in [4.69, 9.17) is 10.2 Å². The summed E-state index contributed by atoms with van der Waals surface area (Å²) in [4.78, 5) is 22.2. The van der Waals surface area contributed by atoms with Crippen LogP contribution in [-0.2, 0) is 13.5 Å². The van der Waals surface area contributed by atoms with E-state index in [1.54, 1.807) is 0 Å². The maximum Gasteiger partial charge on any atom is 0.258 e. The summed E-state index contributed by atoms with van der Waals surface area (Å²) in [6.07, 6.45) is 0.652. The second-order valence-corrected chi connectivity index (χ2v) is 8.37. The van der Waals surface area contributed by atoms with Gasteiger partial charge in [-0.05, 0) is 62.1 Å². The number of aromatic nitrogens is 2. The van der Waals surface area contributed by atoms with Crippen molar-refractivity contribution in [3.63, 3.8) is 0 Å². The molecule has 0 N–H and O–H groups in total. The number of nitriles is 1. The fourth-order valence-corrected chi connectivity index (χ4v) is 3.83. The van der Waals surface area contributed by atoms with Crippen molar-refractivity contribution in [2.45, 2.75) is 6.42 Å². The lowest BCUT2D eigenvalue weighted by molar-refractivity contribution is 0.0985. The summed E-state index contributed by atoms with van der Waals surface area (Å²) in [5.74, 6) is 0.871. The van der Waals surface area contributed by atoms with Crippen molar-refractivity contribution >= 4 is 22.6 Å². The van der Waals surface area contributed by atoms with Crippen molar-refractivity contribution in [2.24, 2.45) is 7.05 Å². The Hall–Kier alpha value is -3.95. The van der Waals surface area contributed by atoms with E-state index in [0.29, 0.717) is 24.1 Å². The zero-order valence-electron chi connectivity index (χ0n) is 19.2. The number of para-hydroxylation sites is 1. The number of benzene rings is 3. The number of fused-ring (bicyclic) bond motifs is 1. The van der Waals surface area contributed by atoms with Gasteiger partial charge in [0.15, 0.2) is 0 Å². The van der Waals surface area contributed by atoms with Gasteiger partial charge in [-0.25, -0.2) is 4.98 Å². The standard InChI is InChI=1S/C27H27N5O/c1-30(2)15-16-32(23-7-5-4-6-8-23)27(33)22-13-14-25-24(18-22)29-26(31(25)3)17-20-9-11-21(19-28)12-10-20/h4-14,18H,15-17H2,1-3H3. The molecule has 1 heterocycles. The number of hydrogen-bond acceptors (Lipinski definition) is 4. The molecule has 1 amide bonds. The van der Waals surface area contributed by atoms with Gasteiger partial charge in [0.05, 0.1) is 22.7 Å². The van der Waals surface area contributed by atoms with Gasteiger partial charge in [0.2, 0.25) is 0 Å². The smallest absolute Gasteiger partial charge is 0.258 e. The Morgan fingerprint density at radius 2 is 1.73 bits per heavy atom. The molecule has 4 rings (SSSR count). The molecule has 6 nitrogen and oxygen atoms in total. The lowest BCUT2D eigenvalue weighted by Crippen LogP contribution is -2.36. The van der Waals surface area contributed by atoms with Crippen LogP contribution in [0.4, 0.5) is 5.69 Å². The van der Waals surface area contributed by atoms with Gasteiger partial charge in [-0.1, -0.05) is 30.3 Å². The summed E-state index contributed by atoms with van der Waals surface area (Å²) in [6.45, 7) is 1.36. The van der Waals surface area contributed by atoms with Crippen molar-refractivity contribution in [3.05, 3.63) is 95.3 Å². The first-order chi connectivity index (χ1) is 16.0. The van der Waals surface area contributed by atoms with Crippen molar-refractivity contribution in [3.8, 4) is 6.07 Å². The Labute approximate surface area is 194 Å². The van der Waals surface area contributed by atoms with Gasteiger partial charge in [0, 0.05) is 37.8 Å². The zero-order valence-corrected chi connectivity index (χ0v) is 19.2. The molecule has 1 aromatic heterocycles. The van der Waals surface area contributed by atoms with Crippen molar-refractivity contribution < 1.29 is 4.79 Å². The predicted octanol–water partition coefficient (Wildman–Crippen LogP) is 4.24. The lowest BCUT2D eigenvalue weighted by atomic mass is 10.1. The number of amides is 1. The van der Waals surface area contributed by atoms with Crippen LogP contribution in [0.15, 0.2) is 72.8 Å². The number of carbonyl (C=O) groups excluding carboxylic acids is 1. The van der Waals surface area contributed by atoms with E-state index in [-0.39, 0.29) is 5.91 Å². The Bertz CT molecular complexity index is 1300. The molecule has 0 fully saturated rings. The van der Waals surface area contributed by atoms with Gasteiger partial charge < -0.3 is 14.4 Å². The number of aryl methyl sites for hydroxylation is 1. The number of anilines is 1. The lowest BCUT2D eigenvalue weighted by Gasteiger charge is -2.24. The third-order valence-electron chi connectivity index (χ3n) is 5.75. The Morgan fingerprint density at radius 1 is 1.00 bits per heavy atom. The number of nitrogens with zero attached hydrogens (tertiary/aromatic N) is 5. The quantitative estimate of drug-likeness (QED) is 0.434. The van der Waals surface area contributed by atoms with Crippen molar-refractivity contribution in [1.29, 1.82) is 5.26 Å². The highest BCUT2D eigenvalue weighted by atomic mass is 16.2. The van der Waals surface area contributed by atoms with Crippen LogP contribution in [0.25, 0.3) is 11.0 Å². The minimum atomic E-state index is -0.0377. The van der Waals surface area contributed by atoms with Crippen LogP contribution < -0.4 is 4.90 Å². The molecule has 0 atom stereocenters. The van der Waals surface area contributed by atoms with Gasteiger partial charge in [-0.2, -0.15) is 5.26 Å². The Kier molecular flexibility index (Phi) is 6.53. The third-order valence-corrected chi connectivity index (χ3v) is 5.75. The van der Waals surface area contributed by atoms with E-state index in [9.17, 15) is 4.79 Å².